The predicted octanol–water partition coefficient (Wildman–Crippen LogP) is 0.513. The topological polar surface area (TPSA) is 55.5 Å². The fourth-order valence-electron chi connectivity index (χ4n) is 0.893. The van der Waals surface area contributed by atoms with Gasteiger partial charge in [-0.15, -0.1) is 0 Å². The van der Waals surface area contributed by atoms with Gasteiger partial charge in [0.1, 0.15) is 0 Å². The molecule has 0 aliphatic heterocycles. The fraction of sp³-hybridized carbons (Fsp3) is 1.00. The first-order valence-electron chi connectivity index (χ1n) is 4.13. The second-order valence-corrected chi connectivity index (χ2v) is 2.91. The highest BCUT2D eigenvalue weighted by Crippen LogP contribution is 2.18. The summed E-state index contributed by atoms with van der Waals surface area (Å²) >= 11 is 0. The van der Waals surface area contributed by atoms with Crippen molar-refractivity contribution < 1.29 is 9.84 Å². The molecule has 0 aromatic carbocycles. The molecule has 0 saturated carbocycles. The number of nitrogens with two attached hydrogens (primary N) is 1. The van der Waals surface area contributed by atoms with Gasteiger partial charge in [-0.2, -0.15) is 0 Å². The predicted molar refractivity (Wildman–Crippen MR) is 45.4 cm³/mol. The maximum absolute atomic E-state index is 8.72. The Labute approximate surface area is 68.5 Å². The van der Waals surface area contributed by atoms with Crippen LogP contribution < -0.4 is 5.73 Å². The second-order valence-electron chi connectivity index (χ2n) is 2.91. The minimum absolute atomic E-state index is 0.176. The van der Waals surface area contributed by atoms with Crippen molar-refractivity contribution in [2.75, 3.05) is 19.8 Å². The Balaban J connectivity index is 3.68. The van der Waals surface area contributed by atoms with E-state index in [1.165, 1.54) is 0 Å². The van der Waals surface area contributed by atoms with Crippen molar-refractivity contribution >= 4 is 0 Å². The van der Waals surface area contributed by atoms with Gasteiger partial charge in [0.25, 0.3) is 0 Å². The van der Waals surface area contributed by atoms with Crippen molar-refractivity contribution in [2.45, 2.75) is 32.3 Å². The highest BCUT2D eigenvalue weighted by Gasteiger charge is 2.21. The van der Waals surface area contributed by atoms with E-state index in [1.54, 1.807) is 0 Å². The van der Waals surface area contributed by atoms with Crippen LogP contribution in [0.1, 0.15) is 26.7 Å². The molecule has 3 heteroatoms. The fourth-order valence-corrected chi connectivity index (χ4v) is 0.893. The third kappa shape index (κ3) is 4.35. The van der Waals surface area contributed by atoms with E-state index in [-0.39, 0.29) is 12.2 Å². The van der Waals surface area contributed by atoms with E-state index in [0.29, 0.717) is 19.6 Å². The lowest BCUT2D eigenvalue weighted by Gasteiger charge is -2.27. The van der Waals surface area contributed by atoms with Crippen LogP contribution in [-0.2, 0) is 4.74 Å². The van der Waals surface area contributed by atoms with Crippen LogP contribution in [0.25, 0.3) is 0 Å². The number of aliphatic hydroxyl groups is 1. The van der Waals surface area contributed by atoms with Gasteiger partial charge in [-0.3, -0.25) is 0 Å². The molecule has 0 rings (SSSR count). The highest BCUT2D eigenvalue weighted by molar-refractivity contribution is 4.72. The Hall–Kier alpha value is -0.120. The summed E-state index contributed by atoms with van der Waals surface area (Å²) < 4.78 is 5.48. The lowest BCUT2D eigenvalue weighted by Crippen LogP contribution is -2.31. The van der Waals surface area contributed by atoms with Crippen molar-refractivity contribution in [1.82, 2.24) is 0 Å². The van der Waals surface area contributed by atoms with Crippen LogP contribution in [0.15, 0.2) is 0 Å². The number of hydrogen-bond acceptors (Lipinski definition) is 3. The number of aliphatic hydroxyl groups excluding tert-OH is 1. The molecule has 1 unspecified atom stereocenters. The van der Waals surface area contributed by atoms with Crippen LogP contribution in [0, 0.1) is 0 Å². The standard InChI is InChI=1S/C8H19NO2/c1-3-8(2,4-6-10)11-7-5-9/h10H,3-7,9H2,1-2H3. The largest absolute Gasteiger partial charge is 0.396 e. The smallest absolute Gasteiger partial charge is 0.0674 e. The van der Waals surface area contributed by atoms with Crippen molar-refractivity contribution in [3.8, 4) is 0 Å². The van der Waals surface area contributed by atoms with Crippen LogP contribution in [0.5, 0.6) is 0 Å². The highest BCUT2D eigenvalue weighted by atomic mass is 16.5. The Kier molecular flexibility index (Phi) is 5.46. The first-order chi connectivity index (χ1) is 5.18. The Morgan fingerprint density at radius 1 is 1.55 bits per heavy atom. The van der Waals surface area contributed by atoms with E-state index in [1.807, 2.05) is 13.8 Å². The Morgan fingerprint density at radius 3 is 2.55 bits per heavy atom. The summed E-state index contributed by atoms with van der Waals surface area (Å²) in [5, 5.41) is 8.72. The molecule has 0 spiro atoms. The quantitative estimate of drug-likeness (QED) is 0.597. The average Bonchev–Trinajstić information content (AvgIpc) is 2.02. The van der Waals surface area contributed by atoms with E-state index < -0.39 is 0 Å². The van der Waals surface area contributed by atoms with Crippen LogP contribution in [0.4, 0.5) is 0 Å². The molecule has 0 aromatic heterocycles. The molecule has 0 aliphatic carbocycles. The van der Waals surface area contributed by atoms with Gasteiger partial charge in [-0.25, -0.2) is 0 Å². The molecular weight excluding hydrogens is 142 g/mol. The number of rotatable bonds is 6. The molecule has 0 bridgehead atoms. The minimum atomic E-state index is -0.186. The normalized spacial score (nSPS) is 16.4. The first kappa shape index (κ1) is 10.9. The molecule has 0 heterocycles. The van der Waals surface area contributed by atoms with Crippen molar-refractivity contribution in [1.29, 1.82) is 0 Å². The maximum atomic E-state index is 8.72. The van der Waals surface area contributed by atoms with Gasteiger partial charge in [-0.05, 0) is 19.8 Å². The third-order valence-corrected chi connectivity index (χ3v) is 1.96. The average molecular weight is 161 g/mol. The monoisotopic (exact) mass is 161 g/mol. The summed E-state index contributed by atoms with van der Waals surface area (Å²) in [6, 6.07) is 0. The molecule has 0 radical (unpaired) electrons. The van der Waals surface area contributed by atoms with Crippen molar-refractivity contribution in [3.05, 3.63) is 0 Å². The lowest BCUT2D eigenvalue weighted by molar-refractivity contribution is -0.0452. The van der Waals surface area contributed by atoms with Gasteiger partial charge >= 0.3 is 0 Å². The van der Waals surface area contributed by atoms with Gasteiger partial charge < -0.3 is 15.6 Å². The SMILES string of the molecule is CCC(C)(CCO)OCCN. The maximum Gasteiger partial charge on any atom is 0.0674 e. The molecule has 1 atom stereocenters. The lowest BCUT2D eigenvalue weighted by atomic mass is 9.99. The van der Waals surface area contributed by atoms with Crippen molar-refractivity contribution in [3.63, 3.8) is 0 Å². The molecule has 3 N–H and O–H groups in total. The summed E-state index contributed by atoms with van der Waals surface area (Å²) in [6.07, 6.45) is 1.59. The molecule has 0 aromatic rings. The van der Waals surface area contributed by atoms with Gasteiger partial charge in [-0.1, -0.05) is 6.92 Å². The first-order valence-corrected chi connectivity index (χ1v) is 4.13. The molecule has 11 heavy (non-hydrogen) atoms. The number of ether oxygens (including phenoxy) is 1. The van der Waals surface area contributed by atoms with E-state index in [4.69, 9.17) is 15.6 Å². The zero-order valence-corrected chi connectivity index (χ0v) is 7.47. The molecule has 3 nitrogen and oxygen atoms in total. The number of hydrogen-bond donors (Lipinski definition) is 2. The summed E-state index contributed by atoms with van der Waals surface area (Å²) in [5.74, 6) is 0. The molecule has 0 amide bonds. The summed E-state index contributed by atoms with van der Waals surface area (Å²) in [6.45, 7) is 5.34. The van der Waals surface area contributed by atoms with E-state index in [2.05, 4.69) is 0 Å². The van der Waals surface area contributed by atoms with E-state index in [9.17, 15) is 0 Å². The minimum Gasteiger partial charge on any atom is -0.396 e. The second kappa shape index (κ2) is 5.52. The van der Waals surface area contributed by atoms with Gasteiger partial charge in [0.2, 0.25) is 0 Å². The zero-order valence-electron chi connectivity index (χ0n) is 7.47. The molecular formula is C8H19NO2. The molecule has 0 fully saturated rings. The molecule has 68 valence electrons. The van der Waals surface area contributed by atoms with E-state index >= 15 is 0 Å². The van der Waals surface area contributed by atoms with Crippen LogP contribution >= 0.6 is 0 Å². The summed E-state index contributed by atoms with van der Waals surface area (Å²) in [5.41, 5.74) is 5.11. The molecule has 0 aliphatic rings. The summed E-state index contributed by atoms with van der Waals surface area (Å²) in [7, 11) is 0. The van der Waals surface area contributed by atoms with Crippen molar-refractivity contribution in [2.24, 2.45) is 5.73 Å². The molecule has 0 saturated heterocycles. The Bertz CT molecular complexity index is 98.1. The zero-order chi connectivity index (χ0) is 8.74. The van der Waals surface area contributed by atoms with E-state index in [0.717, 1.165) is 6.42 Å². The third-order valence-electron chi connectivity index (χ3n) is 1.96. The van der Waals surface area contributed by atoms with Gasteiger partial charge in [0.15, 0.2) is 0 Å². The van der Waals surface area contributed by atoms with Crippen LogP contribution in [0.2, 0.25) is 0 Å². The van der Waals surface area contributed by atoms with Crippen LogP contribution in [-0.4, -0.2) is 30.5 Å². The Morgan fingerprint density at radius 2 is 2.18 bits per heavy atom. The van der Waals surface area contributed by atoms with Gasteiger partial charge in [0, 0.05) is 13.2 Å². The van der Waals surface area contributed by atoms with Crippen LogP contribution in [0.3, 0.4) is 0 Å². The van der Waals surface area contributed by atoms with Gasteiger partial charge in [0.05, 0.1) is 12.2 Å². The summed E-state index contributed by atoms with van der Waals surface area (Å²) in [4.78, 5) is 0.